The monoisotopic (exact) mass is 437 g/mol. The van der Waals surface area contributed by atoms with Crippen molar-refractivity contribution in [3.8, 4) is 17.2 Å². The Hall–Kier alpha value is -3.75. The van der Waals surface area contributed by atoms with Crippen LogP contribution in [0.3, 0.4) is 0 Å². The number of nitrogens with one attached hydrogen (secondary N) is 1. The Bertz CT molecular complexity index is 1080. The van der Waals surface area contributed by atoms with Gasteiger partial charge < -0.3 is 29.3 Å². The van der Waals surface area contributed by atoms with Gasteiger partial charge in [-0.3, -0.25) is 0 Å². The third-order valence-electron chi connectivity index (χ3n) is 5.40. The first kappa shape index (κ1) is 21.5. The normalized spacial score (nSPS) is 13.7. The van der Waals surface area contributed by atoms with Crippen LogP contribution >= 0.6 is 0 Å². The largest absolute Gasteiger partial charge is 0.494 e. The van der Waals surface area contributed by atoms with E-state index in [-0.39, 0.29) is 6.03 Å². The summed E-state index contributed by atoms with van der Waals surface area (Å²) >= 11 is 0. The Kier molecular flexibility index (Phi) is 6.44. The van der Waals surface area contributed by atoms with E-state index >= 15 is 0 Å². The van der Waals surface area contributed by atoms with Gasteiger partial charge in [-0.05, 0) is 37.3 Å². The van der Waals surface area contributed by atoms with E-state index in [4.69, 9.17) is 14.2 Å². The molecule has 1 aromatic heterocycles. The maximum Gasteiger partial charge on any atom is 0.321 e. The van der Waals surface area contributed by atoms with E-state index in [0.29, 0.717) is 44.3 Å². The van der Waals surface area contributed by atoms with Crippen LogP contribution in [0.4, 0.5) is 16.3 Å². The number of hydrogen-bond donors (Lipinski definition) is 1. The third kappa shape index (κ3) is 4.46. The summed E-state index contributed by atoms with van der Waals surface area (Å²) in [4.78, 5) is 25.5. The van der Waals surface area contributed by atoms with Crippen LogP contribution in [0.25, 0.3) is 10.9 Å². The van der Waals surface area contributed by atoms with Crippen molar-refractivity contribution in [3.05, 3.63) is 42.7 Å². The fourth-order valence-electron chi connectivity index (χ4n) is 3.75. The Balaban J connectivity index is 1.43. The number of carbonyl (C=O) groups is 1. The number of benzene rings is 2. The molecule has 32 heavy (non-hydrogen) atoms. The van der Waals surface area contributed by atoms with Gasteiger partial charge in [0.2, 0.25) is 0 Å². The number of carbonyl (C=O) groups excluding carboxylic acids is 1. The predicted octanol–water partition coefficient (Wildman–Crippen LogP) is 3.40. The summed E-state index contributed by atoms with van der Waals surface area (Å²) < 4.78 is 16.3. The number of amides is 2. The van der Waals surface area contributed by atoms with E-state index in [1.807, 2.05) is 43.3 Å². The molecule has 0 aliphatic carbocycles. The quantitative estimate of drug-likeness (QED) is 0.632. The summed E-state index contributed by atoms with van der Waals surface area (Å²) in [6.07, 6.45) is 1.55. The first-order valence-corrected chi connectivity index (χ1v) is 10.5. The molecule has 0 spiro atoms. The highest BCUT2D eigenvalue weighted by molar-refractivity contribution is 5.92. The van der Waals surface area contributed by atoms with Crippen LogP contribution in [0.2, 0.25) is 0 Å². The first-order valence-electron chi connectivity index (χ1n) is 10.5. The highest BCUT2D eigenvalue weighted by Crippen LogP contribution is 2.34. The summed E-state index contributed by atoms with van der Waals surface area (Å²) in [5, 5.41) is 3.84. The molecule has 2 heterocycles. The van der Waals surface area contributed by atoms with E-state index in [1.54, 1.807) is 25.4 Å². The lowest BCUT2D eigenvalue weighted by molar-refractivity contribution is 0.208. The molecule has 1 aliphatic heterocycles. The van der Waals surface area contributed by atoms with Gasteiger partial charge in [0, 0.05) is 43.3 Å². The fraction of sp³-hybridized carbons (Fsp3) is 0.348. The minimum absolute atomic E-state index is 0.118. The average molecular weight is 438 g/mol. The number of anilines is 2. The summed E-state index contributed by atoms with van der Waals surface area (Å²) in [5.41, 5.74) is 1.52. The number of nitrogens with zero attached hydrogens (tertiary/aromatic N) is 4. The van der Waals surface area contributed by atoms with Crippen molar-refractivity contribution in [2.45, 2.75) is 6.92 Å². The Labute approximate surface area is 186 Å². The maximum atomic E-state index is 12.7. The minimum atomic E-state index is -0.118. The molecule has 3 aromatic rings. The third-order valence-corrected chi connectivity index (χ3v) is 5.40. The van der Waals surface area contributed by atoms with Gasteiger partial charge in [0.15, 0.2) is 11.5 Å². The van der Waals surface area contributed by atoms with Gasteiger partial charge in [0.05, 0.1) is 26.3 Å². The number of rotatable bonds is 6. The van der Waals surface area contributed by atoms with Gasteiger partial charge in [0.25, 0.3) is 0 Å². The summed E-state index contributed by atoms with van der Waals surface area (Å²) in [6.45, 7) is 5.04. The Morgan fingerprint density at radius 3 is 2.34 bits per heavy atom. The molecular formula is C23H27N5O4. The molecule has 0 unspecified atom stereocenters. The number of piperazine rings is 1. The molecule has 4 rings (SSSR count). The molecule has 0 radical (unpaired) electrons. The molecule has 0 saturated carbocycles. The standard InChI is InChI=1S/C23H27N5O4/c1-4-32-17-7-5-16(6-8-17)26-23(29)28-11-9-27(10-12-28)22-18-13-20(30-2)21(31-3)14-19(18)24-15-25-22/h5-8,13-15H,4,9-12H2,1-3H3,(H,26,29). The molecular weight excluding hydrogens is 410 g/mol. The predicted molar refractivity (Wildman–Crippen MR) is 123 cm³/mol. The highest BCUT2D eigenvalue weighted by atomic mass is 16.5. The molecule has 0 atom stereocenters. The van der Waals surface area contributed by atoms with Crippen molar-refractivity contribution in [1.29, 1.82) is 0 Å². The lowest BCUT2D eigenvalue weighted by Gasteiger charge is -2.35. The van der Waals surface area contributed by atoms with Gasteiger partial charge in [-0.25, -0.2) is 14.8 Å². The average Bonchev–Trinajstić information content (AvgIpc) is 2.84. The maximum absolute atomic E-state index is 12.7. The second kappa shape index (κ2) is 9.59. The van der Waals surface area contributed by atoms with Gasteiger partial charge in [0.1, 0.15) is 17.9 Å². The van der Waals surface area contributed by atoms with Crippen molar-refractivity contribution in [3.63, 3.8) is 0 Å². The lowest BCUT2D eigenvalue weighted by Crippen LogP contribution is -2.50. The van der Waals surface area contributed by atoms with E-state index in [0.717, 1.165) is 28.2 Å². The van der Waals surface area contributed by atoms with Crippen molar-refractivity contribution in [1.82, 2.24) is 14.9 Å². The van der Waals surface area contributed by atoms with Gasteiger partial charge in [-0.15, -0.1) is 0 Å². The molecule has 1 saturated heterocycles. The topological polar surface area (TPSA) is 89.1 Å². The van der Waals surface area contributed by atoms with Crippen LogP contribution in [0.1, 0.15) is 6.92 Å². The smallest absolute Gasteiger partial charge is 0.321 e. The SMILES string of the molecule is CCOc1ccc(NC(=O)N2CCN(c3ncnc4cc(OC)c(OC)cc34)CC2)cc1. The van der Waals surface area contributed by atoms with Crippen molar-refractivity contribution in [2.75, 3.05) is 57.2 Å². The second-order valence-electron chi connectivity index (χ2n) is 7.28. The van der Waals surface area contributed by atoms with E-state index in [2.05, 4.69) is 20.2 Å². The van der Waals surface area contributed by atoms with Crippen LogP contribution in [0.5, 0.6) is 17.2 Å². The summed E-state index contributed by atoms with van der Waals surface area (Å²) in [6, 6.07) is 11.0. The van der Waals surface area contributed by atoms with Crippen molar-refractivity contribution >= 4 is 28.4 Å². The molecule has 1 fully saturated rings. The van der Waals surface area contributed by atoms with Gasteiger partial charge >= 0.3 is 6.03 Å². The number of ether oxygens (including phenoxy) is 3. The number of aromatic nitrogens is 2. The van der Waals surface area contributed by atoms with E-state index in [1.165, 1.54) is 0 Å². The summed E-state index contributed by atoms with van der Waals surface area (Å²) in [5.74, 6) is 2.86. The van der Waals surface area contributed by atoms with Gasteiger partial charge in [-0.2, -0.15) is 0 Å². The van der Waals surface area contributed by atoms with Gasteiger partial charge in [-0.1, -0.05) is 0 Å². The zero-order chi connectivity index (χ0) is 22.5. The number of fused-ring (bicyclic) bond motifs is 1. The molecule has 9 nitrogen and oxygen atoms in total. The van der Waals surface area contributed by atoms with Crippen molar-refractivity contribution < 1.29 is 19.0 Å². The summed E-state index contributed by atoms with van der Waals surface area (Å²) in [7, 11) is 3.21. The van der Waals surface area contributed by atoms with Crippen LogP contribution in [0.15, 0.2) is 42.7 Å². The van der Waals surface area contributed by atoms with E-state index < -0.39 is 0 Å². The molecule has 2 amide bonds. The highest BCUT2D eigenvalue weighted by Gasteiger charge is 2.24. The second-order valence-corrected chi connectivity index (χ2v) is 7.28. The molecule has 0 bridgehead atoms. The number of urea groups is 1. The first-order chi connectivity index (χ1) is 15.6. The van der Waals surface area contributed by atoms with Crippen molar-refractivity contribution in [2.24, 2.45) is 0 Å². The van der Waals surface area contributed by atoms with Crippen LogP contribution < -0.4 is 24.4 Å². The Morgan fingerprint density at radius 2 is 1.69 bits per heavy atom. The lowest BCUT2D eigenvalue weighted by atomic mass is 10.2. The minimum Gasteiger partial charge on any atom is -0.494 e. The van der Waals surface area contributed by atoms with Crippen LogP contribution in [-0.4, -0.2) is 67.9 Å². The van der Waals surface area contributed by atoms with Crippen LogP contribution in [-0.2, 0) is 0 Å². The fourth-order valence-corrected chi connectivity index (χ4v) is 3.75. The van der Waals surface area contributed by atoms with E-state index in [9.17, 15) is 4.79 Å². The Morgan fingerprint density at radius 1 is 1.00 bits per heavy atom. The zero-order valence-electron chi connectivity index (χ0n) is 18.5. The molecule has 9 heteroatoms. The number of methoxy groups -OCH3 is 2. The zero-order valence-corrected chi connectivity index (χ0v) is 18.5. The molecule has 2 aromatic carbocycles. The molecule has 1 aliphatic rings. The van der Waals surface area contributed by atoms with Crippen LogP contribution in [0, 0.1) is 0 Å². The molecule has 1 N–H and O–H groups in total. The number of hydrogen-bond acceptors (Lipinski definition) is 7. The molecule has 168 valence electrons.